The summed E-state index contributed by atoms with van der Waals surface area (Å²) in [6.07, 6.45) is 2.35. The molecule has 3 N–H and O–H groups in total. The van der Waals surface area contributed by atoms with Gasteiger partial charge in [-0.15, -0.1) is 0 Å². The largest absolute Gasteiger partial charge is 0.399 e. The van der Waals surface area contributed by atoms with Crippen LogP contribution in [-0.4, -0.2) is 17.4 Å². The normalized spacial score (nSPS) is 10.3. The van der Waals surface area contributed by atoms with Gasteiger partial charge in [0.1, 0.15) is 0 Å². The number of rotatable bonds is 4. The fourth-order valence-corrected chi connectivity index (χ4v) is 2.14. The van der Waals surface area contributed by atoms with Crippen molar-refractivity contribution in [1.82, 2.24) is 10.3 Å². The fourth-order valence-electron chi connectivity index (χ4n) is 1.72. The Morgan fingerprint density at radius 2 is 2.10 bits per heavy atom. The summed E-state index contributed by atoms with van der Waals surface area (Å²) in [7, 11) is 0. The molecule has 0 bridgehead atoms. The van der Waals surface area contributed by atoms with Crippen molar-refractivity contribution in [3.63, 3.8) is 0 Å². The zero-order chi connectivity index (χ0) is 14.5. The van der Waals surface area contributed by atoms with E-state index in [4.69, 9.17) is 28.9 Å². The van der Waals surface area contributed by atoms with Crippen molar-refractivity contribution in [3.8, 4) is 0 Å². The Morgan fingerprint density at radius 3 is 2.80 bits per heavy atom. The number of nitrogen functional groups attached to an aromatic ring is 1. The molecular weight excluding hydrogens is 297 g/mol. The molecule has 0 aliphatic heterocycles. The summed E-state index contributed by atoms with van der Waals surface area (Å²) < 4.78 is 0. The minimum Gasteiger partial charge on any atom is -0.399 e. The van der Waals surface area contributed by atoms with Gasteiger partial charge in [0.05, 0.1) is 15.6 Å². The lowest BCUT2D eigenvalue weighted by Crippen LogP contribution is -2.26. The van der Waals surface area contributed by atoms with Crippen LogP contribution in [0.2, 0.25) is 10.0 Å². The Kier molecular flexibility index (Phi) is 4.82. The van der Waals surface area contributed by atoms with Gasteiger partial charge < -0.3 is 11.1 Å². The van der Waals surface area contributed by atoms with E-state index in [0.717, 1.165) is 5.69 Å². The van der Waals surface area contributed by atoms with Crippen LogP contribution in [0.3, 0.4) is 0 Å². The minimum atomic E-state index is -0.305. The van der Waals surface area contributed by atoms with Crippen molar-refractivity contribution < 1.29 is 4.79 Å². The summed E-state index contributed by atoms with van der Waals surface area (Å²) >= 11 is 11.9. The number of nitrogens with two attached hydrogens (primary N) is 1. The molecule has 0 aliphatic rings. The van der Waals surface area contributed by atoms with Crippen LogP contribution in [0.15, 0.2) is 36.5 Å². The number of pyridine rings is 1. The molecular formula is C14H13Cl2N3O. The van der Waals surface area contributed by atoms with Crippen molar-refractivity contribution in [2.75, 3.05) is 12.3 Å². The third kappa shape index (κ3) is 3.62. The molecule has 6 heteroatoms. The van der Waals surface area contributed by atoms with Gasteiger partial charge in [0.2, 0.25) is 0 Å². The standard InChI is InChI=1S/C14H13Cl2N3O/c15-12-8-9(17)7-11(13(12)16)14(20)19-6-4-10-3-1-2-5-18-10/h1-3,5,7-8H,4,6,17H2,(H,19,20). The molecule has 2 aromatic rings. The van der Waals surface area contributed by atoms with E-state index in [9.17, 15) is 4.79 Å². The predicted molar refractivity (Wildman–Crippen MR) is 81.1 cm³/mol. The predicted octanol–water partition coefficient (Wildman–Crippen LogP) is 2.94. The van der Waals surface area contributed by atoms with Gasteiger partial charge in [-0.05, 0) is 24.3 Å². The first-order chi connectivity index (χ1) is 9.58. The van der Waals surface area contributed by atoms with E-state index >= 15 is 0 Å². The smallest absolute Gasteiger partial charge is 0.252 e. The molecule has 0 fully saturated rings. The number of carbonyl (C=O) groups is 1. The summed E-state index contributed by atoms with van der Waals surface area (Å²) in [6, 6.07) is 8.66. The second-order valence-electron chi connectivity index (χ2n) is 4.19. The van der Waals surface area contributed by atoms with Crippen LogP contribution < -0.4 is 11.1 Å². The highest BCUT2D eigenvalue weighted by Crippen LogP contribution is 2.28. The van der Waals surface area contributed by atoms with Crippen LogP contribution in [-0.2, 0) is 6.42 Å². The molecule has 1 aromatic heterocycles. The third-order valence-corrected chi connectivity index (χ3v) is 3.49. The van der Waals surface area contributed by atoms with Gasteiger partial charge in [-0.25, -0.2) is 0 Å². The second kappa shape index (κ2) is 6.59. The summed E-state index contributed by atoms with van der Waals surface area (Å²) in [6.45, 7) is 0.457. The number of hydrogen-bond acceptors (Lipinski definition) is 3. The molecule has 0 saturated carbocycles. The topological polar surface area (TPSA) is 68.0 Å². The average Bonchev–Trinajstić information content (AvgIpc) is 2.44. The lowest BCUT2D eigenvalue weighted by Gasteiger charge is -2.08. The number of carbonyl (C=O) groups excluding carboxylic acids is 1. The summed E-state index contributed by atoms with van der Waals surface area (Å²) in [5.74, 6) is -0.305. The number of nitrogens with zero attached hydrogens (tertiary/aromatic N) is 1. The van der Waals surface area contributed by atoms with Gasteiger partial charge in [-0.3, -0.25) is 9.78 Å². The van der Waals surface area contributed by atoms with Crippen LogP contribution >= 0.6 is 23.2 Å². The Labute approximate surface area is 126 Å². The molecule has 0 saturated heterocycles. The number of anilines is 1. The van der Waals surface area contributed by atoms with Gasteiger partial charge >= 0.3 is 0 Å². The summed E-state index contributed by atoms with van der Waals surface area (Å²) in [4.78, 5) is 16.2. The van der Waals surface area contributed by atoms with Gasteiger partial charge in [0.25, 0.3) is 5.91 Å². The molecule has 0 aliphatic carbocycles. The number of amides is 1. The van der Waals surface area contributed by atoms with E-state index in [-0.39, 0.29) is 21.5 Å². The first-order valence-electron chi connectivity index (χ1n) is 6.00. The number of hydrogen-bond donors (Lipinski definition) is 2. The highest BCUT2D eigenvalue weighted by atomic mass is 35.5. The number of aromatic nitrogens is 1. The summed E-state index contributed by atoms with van der Waals surface area (Å²) in [5.41, 5.74) is 7.23. The van der Waals surface area contributed by atoms with Crippen molar-refractivity contribution in [1.29, 1.82) is 0 Å². The van der Waals surface area contributed by atoms with Gasteiger partial charge in [-0.2, -0.15) is 0 Å². The molecule has 1 amide bonds. The van der Waals surface area contributed by atoms with E-state index in [2.05, 4.69) is 10.3 Å². The van der Waals surface area contributed by atoms with E-state index in [1.807, 2.05) is 18.2 Å². The maximum atomic E-state index is 12.0. The molecule has 4 nitrogen and oxygen atoms in total. The highest BCUT2D eigenvalue weighted by Gasteiger charge is 2.13. The monoisotopic (exact) mass is 309 g/mol. The van der Waals surface area contributed by atoms with Crippen molar-refractivity contribution in [3.05, 3.63) is 57.8 Å². The Bertz CT molecular complexity index is 617. The molecule has 0 unspecified atom stereocenters. The van der Waals surface area contributed by atoms with E-state index in [1.165, 1.54) is 12.1 Å². The Hall–Kier alpha value is -1.78. The Morgan fingerprint density at radius 1 is 1.30 bits per heavy atom. The zero-order valence-electron chi connectivity index (χ0n) is 10.6. The lowest BCUT2D eigenvalue weighted by molar-refractivity contribution is 0.0954. The van der Waals surface area contributed by atoms with E-state index in [1.54, 1.807) is 6.20 Å². The zero-order valence-corrected chi connectivity index (χ0v) is 12.1. The van der Waals surface area contributed by atoms with Gasteiger partial charge in [0, 0.05) is 30.5 Å². The van der Waals surface area contributed by atoms with Crippen LogP contribution in [0.5, 0.6) is 0 Å². The maximum absolute atomic E-state index is 12.0. The van der Waals surface area contributed by atoms with Crippen molar-refractivity contribution in [2.45, 2.75) is 6.42 Å². The SMILES string of the molecule is Nc1cc(Cl)c(Cl)c(C(=O)NCCc2ccccn2)c1. The van der Waals surface area contributed by atoms with Gasteiger partial charge in [0.15, 0.2) is 0 Å². The highest BCUT2D eigenvalue weighted by molar-refractivity contribution is 6.44. The molecule has 1 aromatic carbocycles. The van der Waals surface area contributed by atoms with Crippen LogP contribution in [0, 0.1) is 0 Å². The first-order valence-corrected chi connectivity index (χ1v) is 6.76. The molecule has 1 heterocycles. The molecule has 2 rings (SSSR count). The van der Waals surface area contributed by atoms with Crippen LogP contribution in [0.25, 0.3) is 0 Å². The van der Waals surface area contributed by atoms with Gasteiger partial charge in [-0.1, -0.05) is 29.3 Å². The molecule has 0 spiro atoms. The second-order valence-corrected chi connectivity index (χ2v) is 4.98. The van der Waals surface area contributed by atoms with Crippen LogP contribution in [0.4, 0.5) is 5.69 Å². The quantitative estimate of drug-likeness (QED) is 0.853. The molecule has 20 heavy (non-hydrogen) atoms. The van der Waals surface area contributed by atoms with Crippen LogP contribution in [0.1, 0.15) is 16.1 Å². The van der Waals surface area contributed by atoms with Crippen molar-refractivity contribution >= 4 is 34.8 Å². The molecule has 104 valence electrons. The van der Waals surface area contributed by atoms with Crippen molar-refractivity contribution in [2.24, 2.45) is 0 Å². The lowest BCUT2D eigenvalue weighted by atomic mass is 10.2. The first kappa shape index (κ1) is 14.6. The molecule has 0 atom stereocenters. The fraction of sp³-hybridized carbons (Fsp3) is 0.143. The maximum Gasteiger partial charge on any atom is 0.252 e. The van der Waals surface area contributed by atoms with E-state index < -0.39 is 0 Å². The minimum absolute atomic E-state index is 0.205. The summed E-state index contributed by atoms with van der Waals surface area (Å²) in [5, 5.41) is 3.24. The molecule has 0 radical (unpaired) electrons. The Balaban J connectivity index is 1.99. The average molecular weight is 310 g/mol. The third-order valence-electron chi connectivity index (χ3n) is 2.69. The van der Waals surface area contributed by atoms with E-state index in [0.29, 0.717) is 18.7 Å². The number of halogens is 2. The number of nitrogens with one attached hydrogen (secondary N) is 1. The number of benzene rings is 1.